The van der Waals surface area contributed by atoms with Gasteiger partial charge in [0.05, 0.1) is 6.61 Å². The summed E-state index contributed by atoms with van der Waals surface area (Å²) in [5.74, 6) is 0.983. The summed E-state index contributed by atoms with van der Waals surface area (Å²) in [5, 5.41) is 6.18. The summed E-state index contributed by atoms with van der Waals surface area (Å²) < 4.78 is 5.66. The van der Waals surface area contributed by atoms with Crippen LogP contribution in [0.5, 0.6) is 5.75 Å². The fourth-order valence-corrected chi connectivity index (χ4v) is 1.91. The molecule has 0 bridgehead atoms. The number of carbonyl (C=O) groups excluding carboxylic acids is 1. The van der Waals surface area contributed by atoms with E-state index in [9.17, 15) is 4.79 Å². The number of aryl methyl sites for hydroxylation is 1. The van der Waals surface area contributed by atoms with Crippen molar-refractivity contribution in [3.8, 4) is 5.75 Å². The van der Waals surface area contributed by atoms with E-state index < -0.39 is 0 Å². The van der Waals surface area contributed by atoms with Crippen LogP contribution in [-0.4, -0.2) is 31.6 Å². The second-order valence-corrected chi connectivity index (χ2v) is 4.98. The molecule has 0 aliphatic heterocycles. The van der Waals surface area contributed by atoms with Gasteiger partial charge in [-0.05, 0) is 38.4 Å². The number of carbonyl (C=O) groups is 1. The summed E-state index contributed by atoms with van der Waals surface area (Å²) in [5.41, 5.74) is 1.12. The highest BCUT2D eigenvalue weighted by Gasteiger charge is 2.04. The standard InChI is InChI=1S/C16H26N2O2/c1-4-17-14(3)12-18-16(19)10-7-11-20-15-9-6-5-8-13(15)2/h5-6,8-9,14,17H,4,7,10-12H2,1-3H3,(H,18,19)/t14-/m1/s1. The molecular formula is C16H26N2O2. The zero-order valence-corrected chi connectivity index (χ0v) is 12.7. The molecule has 2 N–H and O–H groups in total. The Hall–Kier alpha value is -1.55. The average Bonchev–Trinajstić information content (AvgIpc) is 2.43. The molecule has 0 aliphatic carbocycles. The van der Waals surface area contributed by atoms with Gasteiger partial charge in [-0.3, -0.25) is 4.79 Å². The lowest BCUT2D eigenvalue weighted by molar-refractivity contribution is -0.121. The number of benzene rings is 1. The van der Waals surface area contributed by atoms with Crippen LogP contribution in [-0.2, 0) is 4.79 Å². The van der Waals surface area contributed by atoms with E-state index in [0.717, 1.165) is 24.3 Å². The summed E-state index contributed by atoms with van der Waals surface area (Å²) >= 11 is 0. The molecule has 1 aromatic rings. The number of ether oxygens (including phenoxy) is 1. The van der Waals surface area contributed by atoms with Gasteiger partial charge in [0, 0.05) is 19.0 Å². The van der Waals surface area contributed by atoms with Crippen molar-refractivity contribution in [2.75, 3.05) is 19.7 Å². The maximum atomic E-state index is 11.6. The largest absolute Gasteiger partial charge is 0.493 e. The van der Waals surface area contributed by atoms with Crippen LogP contribution in [0, 0.1) is 6.92 Å². The Morgan fingerprint density at radius 1 is 1.35 bits per heavy atom. The molecule has 1 rings (SSSR count). The van der Waals surface area contributed by atoms with Gasteiger partial charge >= 0.3 is 0 Å². The molecule has 0 saturated carbocycles. The minimum absolute atomic E-state index is 0.0862. The summed E-state index contributed by atoms with van der Waals surface area (Å²) in [4.78, 5) is 11.6. The molecule has 0 heterocycles. The SMILES string of the molecule is CCN[C@H](C)CNC(=O)CCCOc1ccccc1C. The molecule has 20 heavy (non-hydrogen) atoms. The maximum absolute atomic E-state index is 11.6. The average molecular weight is 278 g/mol. The number of para-hydroxylation sites is 1. The number of hydrogen-bond donors (Lipinski definition) is 2. The Morgan fingerprint density at radius 3 is 2.80 bits per heavy atom. The van der Waals surface area contributed by atoms with Gasteiger partial charge in [-0.1, -0.05) is 25.1 Å². The van der Waals surface area contributed by atoms with Crippen molar-refractivity contribution in [3.05, 3.63) is 29.8 Å². The van der Waals surface area contributed by atoms with Gasteiger partial charge in [0.15, 0.2) is 0 Å². The third-order valence-corrected chi connectivity index (χ3v) is 3.06. The van der Waals surface area contributed by atoms with Crippen LogP contribution in [0.2, 0.25) is 0 Å². The van der Waals surface area contributed by atoms with Gasteiger partial charge in [-0.15, -0.1) is 0 Å². The highest BCUT2D eigenvalue weighted by atomic mass is 16.5. The van der Waals surface area contributed by atoms with E-state index in [1.54, 1.807) is 0 Å². The second kappa shape index (κ2) is 9.37. The van der Waals surface area contributed by atoms with Crippen LogP contribution >= 0.6 is 0 Å². The Labute approximate surface area is 121 Å². The zero-order valence-electron chi connectivity index (χ0n) is 12.7. The second-order valence-electron chi connectivity index (χ2n) is 4.98. The quantitative estimate of drug-likeness (QED) is 0.681. The van der Waals surface area contributed by atoms with Crippen molar-refractivity contribution in [3.63, 3.8) is 0 Å². The lowest BCUT2D eigenvalue weighted by Crippen LogP contribution is -2.38. The van der Waals surface area contributed by atoms with Crippen molar-refractivity contribution >= 4 is 5.91 Å². The predicted molar refractivity (Wildman–Crippen MR) is 82.1 cm³/mol. The Balaban J connectivity index is 2.12. The first-order chi connectivity index (χ1) is 9.63. The maximum Gasteiger partial charge on any atom is 0.220 e. The van der Waals surface area contributed by atoms with Crippen molar-refractivity contribution < 1.29 is 9.53 Å². The van der Waals surface area contributed by atoms with Gasteiger partial charge in [-0.25, -0.2) is 0 Å². The topological polar surface area (TPSA) is 50.4 Å². The van der Waals surface area contributed by atoms with Crippen molar-refractivity contribution in [1.82, 2.24) is 10.6 Å². The summed E-state index contributed by atoms with van der Waals surface area (Å²) in [6.07, 6.45) is 1.24. The molecule has 4 nitrogen and oxygen atoms in total. The molecule has 0 spiro atoms. The van der Waals surface area contributed by atoms with Crippen LogP contribution in [0.3, 0.4) is 0 Å². The van der Waals surface area contributed by atoms with Gasteiger partial charge in [-0.2, -0.15) is 0 Å². The van der Waals surface area contributed by atoms with Crippen molar-refractivity contribution in [2.24, 2.45) is 0 Å². The number of hydrogen-bond acceptors (Lipinski definition) is 3. The number of likely N-dealkylation sites (N-methyl/N-ethyl adjacent to an activating group) is 1. The lowest BCUT2D eigenvalue weighted by Gasteiger charge is -2.13. The zero-order chi connectivity index (χ0) is 14.8. The molecule has 0 fully saturated rings. The molecule has 0 aromatic heterocycles. The highest BCUT2D eigenvalue weighted by Crippen LogP contribution is 2.16. The molecule has 1 atom stereocenters. The lowest BCUT2D eigenvalue weighted by atomic mass is 10.2. The van der Waals surface area contributed by atoms with E-state index in [-0.39, 0.29) is 5.91 Å². The smallest absolute Gasteiger partial charge is 0.220 e. The molecule has 1 amide bonds. The molecule has 0 saturated heterocycles. The van der Waals surface area contributed by atoms with Crippen LogP contribution in [0.4, 0.5) is 0 Å². The molecule has 0 aliphatic rings. The molecule has 0 unspecified atom stereocenters. The van der Waals surface area contributed by atoms with Crippen LogP contribution in [0.15, 0.2) is 24.3 Å². The summed E-state index contributed by atoms with van der Waals surface area (Å²) in [6, 6.07) is 8.22. The van der Waals surface area contributed by atoms with E-state index in [1.165, 1.54) is 0 Å². The van der Waals surface area contributed by atoms with E-state index in [4.69, 9.17) is 4.74 Å². The molecular weight excluding hydrogens is 252 g/mol. The van der Waals surface area contributed by atoms with Gasteiger partial charge in [0.25, 0.3) is 0 Å². The fourth-order valence-electron chi connectivity index (χ4n) is 1.91. The molecule has 112 valence electrons. The van der Waals surface area contributed by atoms with Crippen LogP contribution in [0.1, 0.15) is 32.3 Å². The first-order valence-corrected chi connectivity index (χ1v) is 7.32. The predicted octanol–water partition coefficient (Wildman–Crippen LogP) is 2.27. The van der Waals surface area contributed by atoms with Gasteiger partial charge in [0.1, 0.15) is 5.75 Å². The van der Waals surface area contributed by atoms with Gasteiger partial charge < -0.3 is 15.4 Å². The van der Waals surface area contributed by atoms with E-state index in [0.29, 0.717) is 25.6 Å². The van der Waals surface area contributed by atoms with Crippen LogP contribution in [0.25, 0.3) is 0 Å². The first-order valence-electron chi connectivity index (χ1n) is 7.32. The van der Waals surface area contributed by atoms with Crippen LogP contribution < -0.4 is 15.4 Å². The summed E-state index contributed by atoms with van der Waals surface area (Å²) in [6.45, 7) is 8.30. The van der Waals surface area contributed by atoms with Gasteiger partial charge in [0.2, 0.25) is 5.91 Å². The van der Waals surface area contributed by atoms with E-state index >= 15 is 0 Å². The molecule has 0 radical (unpaired) electrons. The molecule has 1 aromatic carbocycles. The Morgan fingerprint density at radius 2 is 2.10 bits per heavy atom. The number of nitrogens with one attached hydrogen (secondary N) is 2. The third-order valence-electron chi connectivity index (χ3n) is 3.06. The molecule has 4 heteroatoms. The Kier molecular flexibility index (Phi) is 7.73. The highest BCUT2D eigenvalue weighted by molar-refractivity contribution is 5.75. The third kappa shape index (κ3) is 6.57. The first kappa shape index (κ1) is 16.5. The van der Waals surface area contributed by atoms with E-state index in [1.807, 2.05) is 31.2 Å². The number of rotatable bonds is 9. The van der Waals surface area contributed by atoms with Crippen molar-refractivity contribution in [2.45, 2.75) is 39.7 Å². The fraction of sp³-hybridized carbons (Fsp3) is 0.562. The minimum atomic E-state index is 0.0862. The normalized spacial score (nSPS) is 11.9. The van der Waals surface area contributed by atoms with Crippen molar-refractivity contribution in [1.29, 1.82) is 0 Å². The minimum Gasteiger partial charge on any atom is -0.493 e. The van der Waals surface area contributed by atoms with E-state index in [2.05, 4.69) is 24.5 Å². The monoisotopic (exact) mass is 278 g/mol. The Bertz CT molecular complexity index is 407. The summed E-state index contributed by atoms with van der Waals surface area (Å²) in [7, 11) is 0. The number of amides is 1.